The van der Waals surface area contributed by atoms with Gasteiger partial charge in [-0.3, -0.25) is 4.79 Å². The minimum Gasteiger partial charge on any atom is -0.396 e. The van der Waals surface area contributed by atoms with Gasteiger partial charge in [-0.25, -0.2) is 4.39 Å². The second-order valence-corrected chi connectivity index (χ2v) is 5.21. The maximum atomic E-state index is 13.2. The molecule has 0 saturated heterocycles. The van der Waals surface area contributed by atoms with Gasteiger partial charge < -0.3 is 11.1 Å². The van der Waals surface area contributed by atoms with Gasteiger partial charge in [0.2, 0.25) is 0 Å². The van der Waals surface area contributed by atoms with E-state index < -0.39 is 5.82 Å². The van der Waals surface area contributed by atoms with Crippen molar-refractivity contribution in [2.75, 3.05) is 11.1 Å². The standard InChI is InChI=1S/C15H14BrFN2O/c1-2-9-3-5-10(6-4-9)19-15(20)11-7-14(18)13(17)8-12(11)16/h3-8H,2,18H2,1H3,(H,19,20). The highest BCUT2D eigenvalue weighted by Gasteiger charge is 2.13. The summed E-state index contributed by atoms with van der Waals surface area (Å²) >= 11 is 3.16. The number of anilines is 2. The van der Waals surface area contributed by atoms with Crippen molar-refractivity contribution >= 4 is 33.2 Å². The zero-order valence-electron chi connectivity index (χ0n) is 10.9. The summed E-state index contributed by atoms with van der Waals surface area (Å²) in [6.45, 7) is 2.06. The van der Waals surface area contributed by atoms with Crippen molar-refractivity contribution in [1.82, 2.24) is 0 Å². The van der Waals surface area contributed by atoms with E-state index in [-0.39, 0.29) is 11.6 Å². The highest BCUT2D eigenvalue weighted by molar-refractivity contribution is 9.10. The number of hydrogen-bond donors (Lipinski definition) is 2. The number of nitrogens with two attached hydrogens (primary N) is 1. The van der Waals surface area contributed by atoms with Gasteiger partial charge in [0, 0.05) is 10.2 Å². The van der Waals surface area contributed by atoms with Crippen LogP contribution in [0.1, 0.15) is 22.8 Å². The number of nitrogens with one attached hydrogen (secondary N) is 1. The van der Waals surface area contributed by atoms with Crippen LogP contribution >= 0.6 is 15.9 Å². The van der Waals surface area contributed by atoms with Gasteiger partial charge in [-0.15, -0.1) is 0 Å². The van der Waals surface area contributed by atoms with E-state index >= 15 is 0 Å². The van der Waals surface area contributed by atoms with Crippen molar-refractivity contribution in [3.63, 3.8) is 0 Å². The first-order chi connectivity index (χ1) is 9.51. The van der Waals surface area contributed by atoms with Crippen LogP contribution in [0.2, 0.25) is 0 Å². The van der Waals surface area contributed by atoms with Crippen molar-refractivity contribution in [2.45, 2.75) is 13.3 Å². The van der Waals surface area contributed by atoms with Crippen molar-refractivity contribution < 1.29 is 9.18 Å². The first-order valence-electron chi connectivity index (χ1n) is 6.16. The predicted molar refractivity (Wildman–Crippen MR) is 82.3 cm³/mol. The molecule has 0 heterocycles. The Hall–Kier alpha value is -1.88. The highest BCUT2D eigenvalue weighted by atomic mass is 79.9. The van der Waals surface area contributed by atoms with Crippen LogP contribution in [0.25, 0.3) is 0 Å². The molecule has 0 aromatic heterocycles. The topological polar surface area (TPSA) is 55.1 Å². The molecule has 0 bridgehead atoms. The second-order valence-electron chi connectivity index (χ2n) is 4.36. The van der Waals surface area contributed by atoms with E-state index in [1.165, 1.54) is 17.7 Å². The maximum absolute atomic E-state index is 13.2. The number of benzene rings is 2. The molecule has 0 saturated carbocycles. The van der Waals surface area contributed by atoms with Gasteiger partial charge in [0.25, 0.3) is 5.91 Å². The summed E-state index contributed by atoms with van der Waals surface area (Å²) in [7, 11) is 0. The van der Waals surface area contributed by atoms with Crippen LogP contribution in [-0.2, 0) is 6.42 Å². The smallest absolute Gasteiger partial charge is 0.256 e. The third-order valence-corrected chi connectivity index (χ3v) is 3.61. The summed E-state index contributed by atoms with van der Waals surface area (Å²) < 4.78 is 13.6. The molecule has 3 N–H and O–H groups in total. The maximum Gasteiger partial charge on any atom is 0.256 e. The molecule has 1 amide bonds. The van der Waals surface area contributed by atoms with Crippen LogP contribution in [0.15, 0.2) is 40.9 Å². The molecule has 0 unspecified atom stereocenters. The molecule has 20 heavy (non-hydrogen) atoms. The van der Waals surface area contributed by atoms with Gasteiger partial charge in [-0.1, -0.05) is 19.1 Å². The Bertz CT molecular complexity index is 641. The number of rotatable bonds is 3. The Morgan fingerprint density at radius 1 is 1.30 bits per heavy atom. The molecule has 0 aliphatic carbocycles. The molecule has 2 aromatic rings. The summed E-state index contributed by atoms with van der Waals surface area (Å²) in [5.74, 6) is -0.895. The lowest BCUT2D eigenvalue weighted by Crippen LogP contribution is -2.13. The van der Waals surface area contributed by atoms with Gasteiger partial charge in [0.1, 0.15) is 5.82 Å². The van der Waals surface area contributed by atoms with E-state index in [2.05, 4.69) is 28.2 Å². The van der Waals surface area contributed by atoms with Crippen molar-refractivity contribution in [1.29, 1.82) is 0 Å². The number of carbonyl (C=O) groups is 1. The molecule has 104 valence electrons. The molecule has 0 fully saturated rings. The molecule has 0 spiro atoms. The van der Waals surface area contributed by atoms with E-state index in [9.17, 15) is 9.18 Å². The molecule has 0 aliphatic heterocycles. The van der Waals surface area contributed by atoms with Gasteiger partial charge in [-0.2, -0.15) is 0 Å². The Morgan fingerprint density at radius 2 is 1.95 bits per heavy atom. The SMILES string of the molecule is CCc1ccc(NC(=O)c2cc(N)c(F)cc2Br)cc1. The molecular weight excluding hydrogens is 323 g/mol. The predicted octanol–water partition coefficient (Wildman–Crippen LogP) is 3.99. The first-order valence-corrected chi connectivity index (χ1v) is 6.95. The first kappa shape index (κ1) is 14.5. The van der Waals surface area contributed by atoms with E-state index in [4.69, 9.17) is 5.73 Å². The number of halogens is 2. The van der Waals surface area contributed by atoms with Gasteiger partial charge >= 0.3 is 0 Å². The Morgan fingerprint density at radius 3 is 2.55 bits per heavy atom. The lowest BCUT2D eigenvalue weighted by Gasteiger charge is -2.09. The minimum atomic E-state index is -0.555. The molecular formula is C15H14BrFN2O. The fourth-order valence-electron chi connectivity index (χ4n) is 1.76. The minimum absolute atomic E-state index is 0.0559. The van der Waals surface area contributed by atoms with Crippen LogP contribution in [0.5, 0.6) is 0 Å². The number of hydrogen-bond acceptors (Lipinski definition) is 2. The van der Waals surface area contributed by atoms with E-state index in [0.29, 0.717) is 15.7 Å². The fourth-order valence-corrected chi connectivity index (χ4v) is 2.26. The van der Waals surface area contributed by atoms with Crippen LogP contribution in [0.3, 0.4) is 0 Å². The average molecular weight is 337 g/mol. The van der Waals surface area contributed by atoms with Crippen molar-refractivity contribution in [3.8, 4) is 0 Å². The molecule has 5 heteroatoms. The molecule has 2 rings (SSSR count). The lowest BCUT2D eigenvalue weighted by atomic mass is 10.1. The summed E-state index contributed by atoms with van der Waals surface area (Å²) in [6.07, 6.45) is 0.939. The lowest BCUT2D eigenvalue weighted by molar-refractivity contribution is 0.102. The van der Waals surface area contributed by atoms with Gasteiger partial charge in [-0.05, 0) is 52.2 Å². The number of nitrogen functional groups attached to an aromatic ring is 1. The normalized spacial score (nSPS) is 10.3. The zero-order valence-corrected chi connectivity index (χ0v) is 12.5. The molecule has 0 atom stereocenters. The Labute approximate surface area is 125 Å². The quantitative estimate of drug-likeness (QED) is 0.832. The highest BCUT2D eigenvalue weighted by Crippen LogP contribution is 2.24. The summed E-state index contributed by atoms with van der Waals surface area (Å²) in [5.41, 5.74) is 7.59. The van der Waals surface area contributed by atoms with Crippen molar-refractivity contribution in [2.24, 2.45) is 0 Å². The van der Waals surface area contributed by atoms with Crippen LogP contribution in [-0.4, -0.2) is 5.91 Å². The number of aryl methyl sites for hydroxylation is 1. The van der Waals surface area contributed by atoms with Crippen LogP contribution < -0.4 is 11.1 Å². The molecule has 2 aromatic carbocycles. The fraction of sp³-hybridized carbons (Fsp3) is 0.133. The molecule has 3 nitrogen and oxygen atoms in total. The van der Waals surface area contributed by atoms with Gasteiger partial charge in [0.05, 0.1) is 11.3 Å². The average Bonchev–Trinajstić information content (AvgIpc) is 2.43. The summed E-state index contributed by atoms with van der Waals surface area (Å²) in [4.78, 5) is 12.1. The monoisotopic (exact) mass is 336 g/mol. The summed E-state index contributed by atoms with van der Waals surface area (Å²) in [5, 5.41) is 2.75. The Balaban J connectivity index is 2.21. The number of amides is 1. The second kappa shape index (κ2) is 6.05. The van der Waals surface area contributed by atoms with Crippen LogP contribution in [0, 0.1) is 5.82 Å². The molecule has 0 aliphatic rings. The third kappa shape index (κ3) is 3.17. The zero-order chi connectivity index (χ0) is 14.7. The van der Waals surface area contributed by atoms with E-state index in [1.807, 2.05) is 24.3 Å². The van der Waals surface area contributed by atoms with Gasteiger partial charge in [0.15, 0.2) is 0 Å². The summed E-state index contributed by atoms with van der Waals surface area (Å²) in [6, 6.07) is 10.1. The van der Waals surface area contributed by atoms with Crippen LogP contribution in [0.4, 0.5) is 15.8 Å². The third-order valence-electron chi connectivity index (χ3n) is 2.95. The largest absolute Gasteiger partial charge is 0.396 e. The molecule has 0 radical (unpaired) electrons. The van der Waals surface area contributed by atoms with Crippen molar-refractivity contribution in [3.05, 3.63) is 57.8 Å². The van der Waals surface area contributed by atoms with E-state index in [1.54, 1.807) is 0 Å². The Kier molecular flexibility index (Phi) is 4.39. The number of carbonyl (C=O) groups excluding carboxylic acids is 1. The van der Waals surface area contributed by atoms with E-state index in [0.717, 1.165) is 6.42 Å².